The summed E-state index contributed by atoms with van der Waals surface area (Å²) in [4.78, 5) is 15.0. The molecule has 9 heteroatoms. The maximum atomic E-state index is 12.5. The van der Waals surface area contributed by atoms with Gasteiger partial charge in [-0.25, -0.2) is 8.42 Å². The van der Waals surface area contributed by atoms with Gasteiger partial charge in [0.15, 0.2) is 0 Å². The third kappa shape index (κ3) is 5.04. The molecule has 2 aliphatic rings. The van der Waals surface area contributed by atoms with E-state index in [-0.39, 0.29) is 16.5 Å². The Morgan fingerprint density at radius 1 is 1.36 bits per heavy atom. The first-order valence-corrected chi connectivity index (χ1v) is 10.1. The van der Waals surface area contributed by atoms with E-state index in [2.05, 4.69) is 10.3 Å². The van der Waals surface area contributed by atoms with Crippen LogP contribution in [0.2, 0.25) is 0 Å². The Hall–Kier alpha value is -1.42. The lowest BCUT2D eigenvalue weighted by atomic mass is 10.4. The average Bonchev–Trinajstić information content (AvgIpc) is 3.30. The minimum absolute atomic E-state index is 0.104. The van der Waals surface area contributed by atoms with Crippen LogP contribution in [0.15, 0.2) is 17.2 Å². The van der Waals surface area contributed by atoms with E-state index < -0.39 is 10.0 Å². The van der Waals surface area contributed by atoms with Crippen LogP contribution >= 0.6 is 0 Å². The zero-order valence-electron chi connectivity index (χ0n) is 14.2. The molecule has 1 aromatic rings. The van der Waals surface area contributed by atoms with Gasteiger partial charge in [0.05, 0.1) is 13.2 Å². The Bertz CT molecular complexity index is 678. The zero-order chi connectivity index (χ0) is 17.7. The minimum Gasteiger partial charge on any atom is -0.381 e. The van der Waals surface area contributed by atoms with E-state index in [4.69, 9.17) is 9.47 Å². The number of hydrogen-bond acceptors (Lipinski definition) is 5. The first-order valence-electron chi connectivity index (χ1n) is 8.69. The van der Waals surface area contributed by atoms with Gasteiger partial charge in [0.25, 0.3) is 5.91 Å². The second-order valence-electron chi connectivity index (χ2n) is 6.39. The number of aromatic nitrogens is 1. The lowest BCUT2D eigenvalue weighted by molar-refractivity contribution is 0.0730. The second-order valence-corrected chi connectivity index (χ2v) is 8.33. The monoisotopic (exact) mass is 371 g/mol. The topological polar surface area (TPSA) is 101 Å². The number of hydrogen-bond donors (Lipinski definition) is 2. The summed E-state index contributed by atoms with van der Waals surface area (Å²) in [6, 6.07) is 1.38. The van der Waals surface area contributed by atoms with Crippen molar-refractivity contribution in [3.05, 3.63) is 18.0 Å². The highest BCUT2D eigenvalue weighted by molar-refractivity contribution is 7.89. The highest BCUT2D eigenvalue weighted by Crippen LogP contribution is 2.28. The van der Waals surface area contributed by atoms with E-state index in [1.54, 1.807) is 0 Å². The number of H-pyrrole nitrogens is 1. The fraction of sp³-hybridized carbons (Fsp3) is 0.688. The third-order valence-electron chi connectivity index (χ3n) is 4.31. The highest BCUT2D eigenvalue weighted by Gasteiger charge is 2.28. The first kappa shape index (κ1) is 18.4. The lowest BCUT2D eigenvalue weighted by Crippen LogP contribution is -2.40. The van der Waals surface area contributed by atoms with Crippen LogP contribution in [-0.2, 0) is 19.5 Å². The molecule has 2 fully saturated rings. The van der Waals surface area contributed by atoms with Gasteiger partial charge in [-0.15, -0.1) is 0 Å². The smallest absolute Gasteiger partial charge is 0.267 e. The van der Waals surface area contributed by atoms with Crippen LogP contribution in [0.5, 0.6) is 0 Å². The predicted molar refractivity (Wildman–Crippen MR) is 90.9 cm³/mol. The Kier molecular flexibility index (Phi) is 6.10. The van der Waals surface area contributed by atoms with Crippen molar-refractivity contribution in [1.29, 1.82) is 0 Å². The molecule has 1 saturated carbocycles. The van der Waals surface area contributed by atoms with Crippen molar-refractivity contribution in [1.82, 2.24) is 14.6 Å². The molecule has 25 heavy (non-hydrogen) atoms. The van der Waals surface area contributed by atoms with Gasteiger partial charge in [-0.3, -0.25) is 4.79 Å². The molecule has 1 aliphatic heterocycles. The highest BCUT2D eigenvalue weighted by atomic mass is 32.2. The molecule has 0 atom stereocenters. The van der Waals surface area contributed by atoms with Crippen molar-refractivity contribution < 1.29 is 22.7 Å². The van der Waals surface area contributed by atoms with E-state index in [9.17, 15) is 13.2 Å². The molecular weight excluding hydrogens is 346 g/mol. The molecule has 0 bridgehead atoms. The van der Waals surface area contributed by atoms with Crippen molar-refractivity contribution in [2.24, 2.45) is 5.92 Å². The van der Waals surface area contributed by atoms with Crippen molar-refractivity contribution in [3.63, 3.8) is 0 Å². The van der Waals surface area contributed by atoms with Gasteiger partial charge < -0.3 is 19.8 Å². The average molecular weight is 371 g/mol. The Labute approximate surface area is 147 Å². The summed E-state index contributed by atoms with van der Waals surface area (Å²) in [7, 11) is -3.59. The fourth-order valence-electron chi connectivity index (χ4n) is 2.60. The first-order chi connectivity index (χ1) is 12.1. The van der Waals surface area contributed by atoms with Gasteiger partial charge in [0.2, 0.25) is 10.0 Å². The van der Waals surface area contributed by atoms with Gasteiger partial charge >= 0.3 is 0 Å². The molecule has 2 heterocycles. The van der Waals surface area contributed by atoms with Gasteiger partial charge in [-0.05, 0) is 31.2 Å². The standard InChI is InChI=1S/C16H25N3O5S/c20-16(17-4-1-7-24-12-13-2-3-13)15-10-14(11-18-15)25(21,22)19-5-8-23-9-6-19/h10-11,13,18H,1-9,12H2,(H,17,20). The summed E-state index contributed by atoms with van der Waals surface area (Å²) in [6.45, 7) is 3.37. The van der Waals surface area contributed by atoms with Crippen molar-refractivity contribution in [3.8, 4) is 0 Å². The molecule has 0 spiro atoms. The van der Waals surface area contributed by atoms with Crippen LogP contribution in [0.4, 0.5) is 0 Å². The number of nitrogens with one attached hydrogen (secondary N) is 2. The van der Waals surface area contributed by atoms with Gasteiger partial charge in [0, 0.05) is 39.0 Å². The summed E-state index contributed by atoms with van der Waals surface area (Å²) in [5.41, 5.74) is 0.241. The predicted octanol–water partition coefficient (Wildman–Crippen LogP) is 0.582. The van der Waals surface area contributed by atoms with E-state index in [1.165, 1.54) is 29.4 Å². The molecule has 0 unspecified atom stereocenters. The number of morpholine rings is 1. The molecule has 1 aliphatic carbocycles. The van der Waals surface area contributed by atoms with E-state index in [0.717, 1.165) is 18.9 Å². The van der Waals surface area contributed by atoms with Crippen LogP contribution in [0.1, 0.15) is 29.8 Å². The number of nitrogens with zero attached hydrogens (tertiary/aromatic N) is 1. The number of ether oxygens (including phenoxy) is 2. The molecule has 2 N–H and O–H groups in total. The second kappa shape index (κ2) is 8.31. The maximum Gasteiger partial charge on any atom is 0.267 e. The molecule has 1 amide bonds. The minimum atomic E-state index is -3.59. The van der Waals surface area contributed by atoms with Crippen LogP contribution in [0.3, 0.4) is 0 Å². The lowest BCUT2D eigenvalue weighted by Gasteiger charge is -2.25. The molecular formula is C16H25N3O5S. The van der Waals surface area contributed by atoms with Crippen LogP contribution in [0, 0.1) is 5.92 Å². The van der Waals surface area contributed by atoms with Gasteiger partial charge in [-0.2, -0.15) is 4.31 Å². The molecule has 0 aromatic carbocycles. The number of amides is 1. The largest absolute Gasteiger partial charge is 0.381 e. The van der Waals surface area contributed by atoms with E-state index >= 15 is 0 Å². The van der Waals surface area contributed by atoms with Crippen molar-refractivity contribution in [2.75, 3.05) is 46.1 Å². The van der Waals surface area contributed by atoms with E-state index in [1.807, 2.05) is 0 Å². The Morgan fingerprint density at radius 2 is 2.12 bits per heavy atom. The third-order valence-corrected chi connectivity index (χ3v) is 6.19. The summed E-state index contributed by atoms with van der Waals surface area (Å²) in [6.07, 6.45) is 4.62. The maximum absolute atomic E-state index is 12.5. The number of carbonyl (C=O) groups is 1. The SMILES string of the molecule is O=C(NCCCOCC1CC1)c1cc(S(=O)(=O)N2CCOCC2)c[nH]1. The summed E-state index contributed by atoms with van der Waals surface area (Å²) in [5.74, 6) is 0.422. The fourth-order valence-corrected chi connectivity index (χ4v) is 4.00. The molecule has 140 valence electrons. The van der Waals surface area contributed by atoms with Crippen LogP contribution < -0.4 is 5.32 Å². The zero-order valence-corrected chi connectivity index (χ0v) is 15.0. The molecule has 1 aromatic heterocycles. The van der Waals surface area contributed by atoms with Crippen LogP contribution in [-0.4, -0.2) is 69.7 Å². The number of carbonyl (C=O) groups excluding carboxylic acids is 1. The van der Waals surface area contributed by atoms with Crippen molar-refractivity contribution in [2.45, 2.75) is 24.2 Å². The van der Waals surface area contributed by atoms with Gasteiger partial charge in [-0.1, -0.05) is 0 Å². The van der Waals surface area contributed by atoms with Gasteiger partial charge in [0.1, 0.15) is 10.6 Å². The molecule has 1 saturated heterocycles. The Morgan fingerprint density at radius 3 is 2.84 bits per heavy atom. The summed E-state index contributed by atoms with van der Waals surface area (Å²) < 4.78 is 37.1. The van der Waals surface area contributed by atoms with Crippen molar-refractivity contribution >= 4 is 15.9 Å². The number of aromatic amines is 1. The normalized spacial score (nSPS) is 19.0. The number of sulfonamides is 1. The molecule has 3 rings (SSSR count). The summed E-state index contributed by atoms with van der Waals surface area (Å²) in [5, 5.41) is 2.77. The van der Waals surface area contributed by atoms with E-state index in [0.29, 0.717) is 39.5 Å². The Balaban J connectivity index is 1.45. The molecule has 0 radical (unpaired) electrons. The quantitative estimate of drug-likeness (QED) is 0.619. The molecule has 8 nitrogen and oxygen atoms in total. The van der Waals surface area contributed by atoms with Crippen LogP contribution in [0.25, 0.3) is 0 Å². The summed E-state index contributed by atoms with van der Waals surface area (Å²) >= 11 is 0. The number of rotatable bonds is 9.